The van der Waals surface area contributed by atoms with Gasteiger partial charge in [-0.05, 0) is 30.6 Å². The number of Topliss-reactive ketones (excluding diaryl/α,β-unsaturated/α-hetero) is 1. The van der Waals surface area contributed by atoms with Crippen LogP contribution in [0.4, 0.5) is 0 Å². The predicted molar refractivity (Wildman–Crippen MR) is 97.9 cm³/mol. The second-order valence-electron chi connectivity index (χ2n) is 7.39. The second-order valence-corrected chi connectivity index (χ2v) is 7.39. The summed E-state index contributed by atoms with van der Waals surface area (Å²) < 4.78 is 6.18. The normalized spacial score (nSPS) is 26.8. The van der Waals surface area contributed by atoms with Crippen LogP contribution in [-0.2, 0) is 9.53 Å². The van der Waals surface area contributed by atoms with Gasteiger partial charge in [0, 0.05) is 12.3 Å². The number of unbranched alkanes of at least 4 members (excludes halogenated alkanes) is 7. The Morgan fingerprint density at radius 2 is 1.75 bits per heavy atom. The summed E-state index contributed by atoms with van der Waals surface area (Å²) in [5.74, 6) is 0.224. The molecule has 1 aliphatic carbocycles. The molecule has 3 atom stereocenters. The highest BCUT2D eigenvalue weighted by molar-refractivity contribution is 5.96. The monoisotopic (exact) mass is 334 g/mol. The van der Waals surface area contributed by atoms with Crippen LogP contribution in [0.25, 0.3) is 0 Å². The minimum atomic E-state index is -0.0334. The molecule has 0 fully saturated rings. The number of aliphatic hydroxyl groups is 1. The van der Waals surface area contributed by atoms with Crippen LogP contribution in [0.1, 0.15) is 78.1 Å². The molecular weight excluding hydrogens is 300 g/mol. The first kappa shape index (κ1) is 19.4. The van der Waals surface area contributed by atoms with Crippen LogP contribution < -0.4 is 0 Å². The van der Waals surface area contributed by atoms with Crippen LogP contribution >= 0.6 is 0 Å². The molecule has 0 bridgehead atoms. The number of hydrogen-bond donors (Lipinski definition) is 1. The maximum atomic E-state index is 11.9. The maximum Gasteiger partial charge on any atom is 0.159 e. The molecule has 1 N–H and O–H groups in total. The van der Waals surface area contributed by atoms with Gasteiger partial charge in [-0.3, -0.25) is 4.79 Å². The van der Waals surface area contributed by atoms with Gasteiger partial charge in [-0.15, -0.1) is 0 Å². The lowest BCUT2D eigenvalue weighted by molar-refractivity contribution is -0.119. The molecule has 0 saturated heterocycles. The Morgan fingerprint density at radius 3 is 2.42 bits per heavy atom. The van der Waals surface area contributed by atoms with E-state index in [9.17, 15) is 9.90 Å². The highest BCUT2D eigenvalue weighted by Crippen LogP contribution is 2.35. The predicted octanol–water partition coefficient (Wildman–Crippen LogP) is 4.74. The second kappa shape index (κ2) is 10.1. The molecule has 0 saturated carbocycles. The molecule has 2 aliphatic rings. The first-order chi connectivity index (χ1) is 11.7. The molecular formula is C21H34O3. The van der Waals surface area contributed by atoms with Gasteiger partial charge in [-0.1, -0.05) is 64.4 Å². The van der Waals surface area contributed by atoms with E-state index >= 15 is 0 Å². The number of carbonyl (C=O) groups excluding carboxylic acids is 1. The Labute approximate surface area is 147 Å². The summed E-state index contributed by atoms with van der Waals surface area (Å²) in [5.41, 5.74) is 1.80. The summed E-state index contributed by atoms with van der Waals surface area (Å²) >= 11 is 0. The first-order valence-electron chi connectivity index (χ1n) is 9.84. The van der Waals surface area contributed by atoms with Crippen molar-refractivity contribution in [3.8, 4) is 0 Å². The zero-order chi connectivity index (χ0) is 17.4. The summed E-state index contributed by atoms with van der Waals surface area (Å²) in [6.45, 7) is 4.16. The molecule has 0 aromatic heterocycles. The lowest BCUT2D eigenvalue weighted by atomic mass is 9.79. The summed E-state index contributed by atoms with van der Waals surface area (Å²) in [7, 11) is 0. The molecule has 0 amide bonds. The van der Waals surface area contributed by atoms with Crippen molar-refractivity contribution in [2.45, 2.75) is 90.3 Å². The molecule has 0 radical (unpaired) electrons. The molecule has 1 aliphatic heterocycles. The largest absolute Gasteiger partial charge is 0.392 e. The van der Waals surface area contributed by atoms with Crippen molar-refractivity contribution >= 4 is 5.78 Å². The molecule has 1 unspecified atom stereocenters. The third kappa shape index (κ3) is 5.56. The summed E-state index contributed by atoms with van der Waals surface area (Å²) in [6.07, 6.45) is 16.1. The van der Waals surface area contributed by atoms with Gasteiger partial charge in [0.15, 0.2) is 5.78 Å². The molecule has 1 heterocycles. The van der Waals surface area contributed by atoms with Gasteiger partial charge in [0.1, 0.15) is 0 Å². The molecule has 0 spiro atoms. The van der Waals surface area contributed by atoms with Crippen molar-refractivity contribution in [2.24, 2.45) is 5.92 Å². The van der Waals surface area contributed by atoms with Crippen LogP contribution in [0.15, 0.2) is 23.3 Å². The number of ether oxygens (including phenoxy) is 1. The van der Waals surface area contributed by atoms with E-state index in [1.165, 1.54) is 51.4 Å². The Hall–Kier alpha value is -0.930. The van der Waals surface area contributed by atoms with Gasteiger partial charge in [-0.25, -0.2) is 0 Å². The van der Waals surface area contributed by atoms with E-state index in [2.05, 4.69) is 13.0 Å². The van der Waals surface area contributed by atoms with E-state index in [1.54, 1.807) is 0 Å². The molecule has 24 heavy (non-hydrogen) atoms. The first-order valence-corrected chi connectivity index (χ1v) is 9.84. The van der Waals surface area contributed by atoms with Gasteiger partial charge < -0.3 is 9.84 Å². The SMILES string of the molecule is CCCCCCCCCCC1C=C(CO)[C@H]2CC(=O)C(C)=C[C@H]2O1. The van der Waals surface area contributed by atoms with Crippen LogP contribution in [0, 0.1) is 5.92 Å². The van der Waals surface area contributed by atoms with Gasteiger partial charge in [0.25, 0.3) is 0 Å². The Bertz CT molecular complexity index is 464. The fraction of sp³-hybridized carbons (Fsp3) is 0.762. The Kier molecular flexibility index (Phi) is 8.20. The highest BCUT2D eigenvalue weighted by Gasteiger charge is 2.35. The fourth-order valence-electron chi connectivity index (χ4n) is 3.81. The fourth-order valence-corrected chi connectivity index (χ4v) is 3.81. The Balaban J connectivity index is 1.74. The molecule has 136 valence electrons. The third-order valence-electron chi connectivity index (χ3n) is 5.39. The quantitative estimate of drug-likeness (QED) is 0.464. The number of allylic oxidation sites excluding steroid dienone is 1. The van der Waals surface area contributed by atoms with Crippen LogP contribution in [0.3, 0.4) is 0 Å². The Morgan fingerprint density at radius 1 is 1.08 bits per heavy atom. The van der Waals surface area contributed by atoms with Crippen molar-refractivity contribution in [1.29, 1.82) is 0 Å². The topological polar surface area (TPSA) is 46.5 Å². The van der Waals surface area contributed by atoms with Crippen LogP contribution in [-0.4, -0.2) is 29.7 Å². The number of hydrogen-bond acceptors (Lipinski definition) is 3. The van der Waals surface area contributed by atoms with E-state index < -0.39 is 0 Å². The molecule has 3 heteroatoms. The van der Waals surface area contributed by atoms with E-state index in [0.29, 0.717) is 6.42 Å². The molecule has 0 aromatic rings. The van der Waals surface area contributed by atoms with Crippen molar-refractivity contribution in [3.05, 3.63) is 23.3 Å². The number of aliphatic hydroxyl groups excluding tert-OH is 1. The number of rotatable bonds is 10. The third-order valence-corrected chi connectivity index (χ3v) is 5.39. The van der Waals surface area contributed by atoms with Crippen molar-refractivity contribution in [3.63, 3.8) is 0 Å². The molecule has 0 aromatic carbocycles. The van der Waals surface area contributed by atoms with E-state index in [-0.39, 0.29) is 30.5 Å². The minimum absolute atomic E-state index is 0.0334. The van der Waals surface area contributed by atoms with Crippen LogP contribution in [0.2, 0.25) is 0 Å². The van der Waals surface area contributed by atoms with E-state index in [1.807, 2.05) is 13.0 Å². The average Bonchev–Trinajstić information content (AvgIpc) is 2.58. The molecule has 3 nitrogen and oxygen atoms in total. The summed E-state index contributed by atoms with van der Waals surface area (Å²) in [4.78, 5) is 11.9. The van der Waals surface area contributed by atoms with Gasteiger partial charge in [0.2, 0.25) is 0 Å². The van der Waals surface area contributed by atoms with Gasteiger partial charge in [-0.2, -0.15) is 0 Å². The standard InChI is InChI=1S/C21H34O3/c1-3-4-5-6-7-8-9-10-11-18-13-17(15-22)19-14-20(23)16(2)12-21(19)24-18/h12-13,18-19,21-22H,3-11,14-15H2,1-2H3/t18?,19-,21-/m1/s1. The number of carbonyl (C=O) groups is 1. The lowest BCUT2D eigenvalue weighted by Crippen LogP contribution is -2.38. The van der Waals surface area contributed by atoms with E-state index in [0.717, 1.165) is 17.6 Å². The highest BCUT2D eigenvalue weighted by atomic mass is 16.5. The lowest BCUT2D eigenvalue weighted by Gasteiger charge is -2.37. The van der Waals surface area contributed by atoms with Crippen molar-refractivity contribution < 1.29 is 14.6 Å². The average molecular weight is 335 g/mol. The van der Waals surface area contributed by atoms with Gasteiger partial charge >= 0.3 is 0 Å². The smallest absolute Gasteiger partial charge is 0.159 e. The maximum absolute atomic E-state index is 11.9. The summed E-state index contributed by atoms with van der Waals surface area (Å²) in [6, 6.07) is 0. The van der Waals surface area contributed by atoms with Crippen molar-refractivity contribution in [1.82, 2.24) is 0 Å². The zero-order valence-corrected chi connectivity index (χ0v) is 15.4. The summed E-state index contributed by atoms with van der Waals surface area (Å²) in [5, 5.41) is 9.66. The number of fused-ring (bicyclic) bond motifs is 1. The molecule has 2 rings (SSSR count). The minimum Gasteiger partial charge on any atom is -0.392 e. The van der Waals surface area contributed by atoms with Crippen LogP contribution in [0.5, 0.6) is 0 Å². The van der Waals surface area contributed by atoms with Gasteiger partial charge in [0.05, 0.1) is 18.8 Å². The van der Waals surface area contributed by atoms with Crippen molar-refractivity contribution in [2.75, 3.05) is 6.61 Å². The number of ketones is 1. The zero-order valence-electron chi connectivity index (χ0n) is 15.4. The van der Waals surface area contributed by atoms with E-state index in [4.69, 9.17) is 4.74 Å².